The van der Waals surface area contributed by atoms with Crippen LogP contribution in [0.2, 0.25) is 0 Å². The lowest BCUT2D eigenvalue weighted by atomic mass is 9.78. The normalized spacial score (nSPS) is 23.2. The van der Waals surface area contributed by atoms with Gasteiger partial charge in [0.1, 0.15) is 0 Å². The molecule has 0 aliphatic heterocycles. The van der Waals surface area contributed by atoms with Gasteiger partial charge < -0.3 is 5.11 Å². The van der Waals surface area contributed by atoms with Crippen molar-refractivity contribution in [3.05, 3.63) is 11.6 Å². The Bertz CT molecular complexity index is 176. The molecular weight excluding hydrogens is 160 g/mol. The van der Waals surface area contributed by atoms with Crippen molar-refractivity contribution in [1.29, 1.82) is 0 Å². The van der Waals surface area contributed by atoms with Gasteiger partial charge in [-0.05, 0) is 31.3 Å². The third-order valence-electron chi connectivity index (χ3n) is 3.11. The topological polar surface area (TPSA) is 20.2 Å². The second kappa shape index (κ2) is 4.80. The van der Waals surface area contributed by atoms with Crippen molar-refractivity contribution in [3.8, 4) is 0 Å². The van der Waals surface area contributed by atoms with E-state index in [0.717, 1.165) is 25.7 Å². The van der Waals surface area contributed by atoms with Crippen molar-refractivity contribution in [3.63, 3.8) is 0 Å². The van der Waals surface area contributed by atoms with Gasteiger partial charge in [-0.1, -0.05) is 39.2 Å². The van der Waals surface area contributed by atoms with Gasteiger partial charge in [0.25, 0.3) is 0 Å². The standard InChI is InChI=1S/C12H22O/c1-3-8-11(4-2)12(13)9-6-5-7-10-12/h8,13H,3-7,9-10H2,1-2H3/b11-8+. The third kappa shape index (κ3) is 2.57. The predicted octanol–water partition coefficient (Wildman–Crippen LogP) is 3.43. The smallest absolute Gasteiger partial charge is 0.0856 e. The molecule has 0 aromatic rings. The predicted molar refractivity (Wildman–Crippen MR) is 56.7 cm³/mol. The fourth-order valence-corrected chi connectivity index (χ4v) is 2.37. The van der Waals surface area contributed by atoms with Crippen LogP contribution in [-0.4, -0.2) is 10.7 Å². The number of hydrogen-bond donors (Lipinski definition) is 1. The first-order valence-corrected chi connectivity index (χ1v) is 5.65. The summed E-state index contributed by atoms with van der Waals surface area (Å²) in [5.41, 5.74) is 0.831. The minimum Gasteiger partial charge on any atom is -0.386 e. The van der Waals surface area contributed by atoms with Gasteiger partial charge in [-0.2, -0.15) is 0 Å². The van der Waals surface area contributed by atoms with E-state index in [2.05, 4.69) is 19.9 Å². The second-order valence-electron chi connectivity index (χ2n) is 4.08. The van der Waals surface area contributed by atoms with Gasteiger partial charge in [0.05, 0.1) is 5.60 Å². The minimum absolute atomic E-state index is 0.441. The van der Waals surface area contributed by atoms with E-state index in [-0.39, 0.29) is 0 Å². The monoisotopic (exact) mass is 182 g/mol. The minimum atomic E-state index is -0.441. The lowest BCUT2D eigenvalue weighted by Gasteiger charge is -2.34. The van der Waals surface area contributed by atoms with Crippen molar-refractivity contribution >= 4 is 0 Å². The summed E-state index contributed by atoms with van der Waals surface area (Å²) in [5, 5.41) is 10.4. The molecule has 0 spiro atoms. The fourth-order valence-electron chi connectivity index (χ4n) is 2.37. The molecule has 0 radical (unpaired) electrons. The molecule has 76 valence electrons. The summed E-state index contributed by atoms with van der Waals surface area (Å²) in [4.78, 5) is 0. The van der Waals surface area contributed by atoms with E-state index in [4.69, 9.17) is 0 Å². The molecule has 1 fully saturated rings. The van der Waals surface area contributed by atoms with Crippen LogP contribution in [0.5, 0.6) is 0 Å². The molecule has 0 amide bonds. The molecule has 0 bridgehead atoms. The molecule has 0 heterocycles. The molecule has 1 heteroatoms. The van der Waals surface area contributed by atoms with Crippen molar-refractivity contribution < 1.29 is 5.11 Å². The molecule has 0 aromatic heterocycles. The average Bonchev–Trinajstić information content (AvgIpc) is 2.15. The summed E-state index contributed by atoms with van der Waals surface area (Å²) in [6, 6.07) is 0. The lowest BCUT2D eigenvalue weighted by Crippen LogP contribution is -2.33. The summed E-state index contributed by atoms with van der Waals surface area (Å²) in [6.45, 7) is 4.29. The number of hydrogen-bond acceptors (Lipinski definition) is 1. The van der Waals surface area contributed by atoms with Gasteiger partial charge in [0.15, 0.2) is 0 Å². The van der Waals surface area contributed by atoms with Crippen molar-refractivity contribution in [1.82, 2.24) is 0 Å². The molecule has 13 heavy (non-hydrogen) atoms. The van der Waals surface area contributed by atoms with Crippen LogP contribution in [0.4, 0.5) is 0 Å². The number of allylic oxidation sites excluding steroid dienone is 1. The highest BCUT2D eigenvalue weighted by Crippen LogP contribution is 2.35. The van der Waals surface area contributed by atoms with E-state index in [1.54, 1.807) is 0 Å². The Morgan fingerprint density at radius 2 is 1.85 bits per heavy atom. The largest absolute Gasteiger partial charge is 0.386 e. The van der Waals surface area contributed by atoms with E-state index in [9.17, 15) is 5.11 Å². The van der Waals surface area contributed by atoms with Gasteiger partial charge in [-0.3, -0.25) is 0 Å². The second-order valence-corrected chi connectivity index (χ2v) is 4.08. The van der Waals surface area contributed by atoms with Gasteiger partial charge in [0.2, 0.25) is 0 Å². The van der Waals surface area contributed by atoms with Crippen LogP contribution in [0.1, 0.15) is 58.8 Å². The fraction of sp³-hybridized carbons (Fsp3) is 0.833. The summed E-state index contributed by atoms with van der Waals surface area (Å²) in [5.74, 6) is 0. The van der Waals surface area contributed by atoms with Crippen molar-refractivity contribution in [2.45, 2.75) is 64.4 Å². The summed E-state index contributed by atoms with van der Waals surface area (Å²) in [7, 11) is 0. The van der Waals surface area contributed by atoms with Crippen LogP contribution in [0.3, 0.4) is 0 Å². The van der Waals surface area contributed by atoms with Gasteiger partial charge in [-0.15, -0.1) is 0 Å². The molecule has 0 aromatic carbocycles. The molecule has 1 aliphatic carbocycles. The highest BCUT2D eigenvalue weighted by molar-refractivity contribution is 5.16. The molecule has 0 saturated heterocycles. The molecular formula is C12H22O. The molecule has 1 saturated carbocycles. The molecule has 1 rings (SSSR count). The SMILES string of the molecule is CC/C=C(\CC)C1(O)CCCCC1. The first-order chi connectivity index (χ1) is 6.23. The van der Waals surface area contributed by atoms with E-state index < -0.39 is 5.60 Å². The van der Waals surface area contributed by atoms with Gasteiger partial charge in [-0.25, -0.2) is 0 Å². The highest BCUT2D eigenvalue weighted by atomic mass is 16.3. The molecule has 0 unspecified atom stereocenters. The van der Waals surface area contributed by atoms with E-state index in [1.165, 1.54) is 24.8 Å². The van der Waals surface area contributed by atoms with E-state index in [1.807, 2.05) is 0 Å². The maximum Gasteiger partial charge on any atom is 0.0856 e. The van der Waals surface area contributed by atoms with Crippen LogP contribution < -0.4 is 0 Å². The Balaban J connectivity index is 2.69. The van der Waals surface area contributed by atoms with Crippen LogP contribution in [-0.2, 0) is 0 Å². The summed E-state index contributed by atoms with van der Waals surface area (Å²) >= 11 is 0. The van der Waals surface area contributed by atoms with Gasteiger partial charge in [0, 0.05) is 0 Å². The molecule has 1 nitrogen and oxygen atoms in total. The van der Waals surface area contributed by atoms with Crippen LogP contribution in [0, 0.1) is 0 Å². The van der Waals surface area contributed by atoms with Crippen molar-refractivity contribution in [2.75, 3.05) is 0 Å². The zero-order valence-electron chi connectivity index (χ0n) is 8.97. The molecule has 1 aliphatic rings. The zero-order valence-corrected chi connectivity index (χ0v) is 8.97. The summed E-state index contributed by atoms with van der Waals surface area (Å²) in [6.07, 6.45) is 9.90. The average molecular weight is 182 g/mol. The number of rotatable bonds is 3. The first kappa shape index (κ1) is 10.8. The lowest BCUT2D eigenvalue weighted by molar-refractivity contribution is 0.0367. The number of aliphatic hydroxyl groups is 1. The summed E-state index contributed by atoms with van der Waals surface area (Å²) < 4.78 is 0. The van der Waals surface area contributed by atoms with E-state index >= 15 is 0 Å². The quantitative estimate of drug-likeness (QED) is 0.663. The van der Waals surface area contributed by atoms with Crippen LogP contribution >= 0.6 is 0 Å². The van der Waals surface area contributed by atoms with Gasteiger partial charge >= 0.3 is 0 Å². The van der Waals surface area contributed by atoms with Crippen LogP contribution in [0.25, 0.3) is 0 Å². The highest BCUT2D eigenvalue weighted by Gasteiger charge is 2.31. The Morgan fingerprint density at radius 1 is 1.23 bits per heavy atom. The maximum absolute atomic E-state index is 10.4. The zero-order chi connectivity index (χ0) is 9.73. The van der Waals surface area contributed by atoms with E-state index in [0.29, 0.717) is 0 Å². The maximum atomic E-state index is 10.4. The first-order valence-electron chi connectivity index (χ1n) is 5.65. The van der Waals surface area contributed by atoms with Crippen LogP contribution in [0.15, 0.2) is 11.6 Å². The molecule has 1 N–H and O–H groups in total. The Morgan fingerprint density at radius 3 is 2.31 bits per heavy atom. The third-order valence-corrected chi connectivity index (χ3v) is 3.11. The Hall–Kier alpha value is -0.300. The Kier molecular flexibility index (Phi) is 3.98. The van der Waals surface area contributed by atoms with Crippen molar-refractivity contribution in [2.24, 2.45) is 0 Å². The molecule has 0 atom stereocenters. The Labute approximate surface area is 81.9 Å².